The van der Waals surface area contributed by atoms with Gasteiger partial charge in [0.25, 0.3) is 5.91 Å². The monoisotopic (exact) mass is 524 g/mol. The van der Waals surface area contributed by atoms with Crippen LogP contribution in [0.2, 0.25) is 0 Å². The number of ether oxygens (including phenoxy) is 1. The van der Waals surface area contributed by atoms with Crippen molar-refractivity contribution in [3.05, 3.63) is 76.6 Å². The minimum atomic E-state index is -0.676. The first-order chi connectivity index (χ1) is 18.6. The fraction of sp³-hybridized carbons (Fsp3) is 0.179. The number of hydrogen-bond acceptors (Lipinski definition) is 9. The quantitative estimate of drug-likeness (QED) is 0.278. The predicted octanol–water partition coefficient (Wildman–Crippen LogP) is 5.76. The molecular formula is C28H20N4O5S. The van der Waals surface area contributed by atoms with Crippen molar-refractivity contribution < 1.29 is 23.2 Å². The van der Waals surface area contributed by atoms with Gasteiger partial charge in [-0.3, -0.25) is 4.79 Å². The zero-order valence-corrected chi connectivity index (χ0v) is 20.8. The highest BCUT2D eigenvalue weighted by molar-refractivity contribution is 7.16. The third-order valence-corrected chi connectivity index (χ3v) is 7.49. The average molecular weight is 525 g/mol. The highest BCUT2D eigenvalue weighted by Crippen LogP contribution is 2.37. The second-order valence-corrected chi connectivity index (χ2v) is 9.84. The molecule has 38 heavy (non-hydrogen) atoms. The number of furan rings is 2. The van der Waals surface area contributed by atoms with E-state index in [-0.39, 0.29) is 5.56 Å². The number of carbonyl (C=O) groups is 2. The van der Waals surface area contributed by atoms with Gasteiger partial charge in [-0.1, -0.05) is 0 Å². The molecule has 6 rings (SSSR count). The molecule has 1 aromatic carbocycles. The van der Waals surface area contributed by atoms with Gasteiger partial charge in [-0.2, -0.15) is 5.26 Å². The van der Waals surface area contributed by atoms with Crippen LogP contribution in [0.1, 0.15) is 39.2 Å². The number of hydrogen-bond donors (Lipinski definition) is 1. The lowest BCUT2D eigenvalue weighted by molar-refractivity contribution is -0.119. The van der Waals surface area contributed by atoms with E-state index in [1.165, 1.54) is 17.6 Å². The Bertz CT molecular complexity index is 1700. The van der Waals surface area contributed by atoms with Gasteiger partial charge in [0, 0.05) is 4.88 Å². The third kappa shape index (κ3) is 4.44. The van der Waals surface area contributed by atoms with E-state index in [0.29, 0.717) is 44.5 Å². The Morgan fingerprint density at radius 2 is 1.71 bits per heavy atom. The molecule has 0 radical (unpaired) electrons. The molecule has 5 aromatic rings. The number of amides is 1. The fourth-order valence-electron chi connectivity index (χ4n) is 4.50. The molecule has 9 nitrogen and oxygen atoms in total. The van der Waals surface area contributed by atoms with Gasteiger partial charge in [0.2, 0.25) is 0 Å². The molecule has 4 aromatic heterocycles. The van der Waals surface area contributed by atoms with Crippen LogP contribution < -0.4 is 5.32 Å². The van der Waals surface area contributed by atoms with Gasteiger partial charge in [-0.05, 0) is 73.7 Å². The van der Waals surface area contributed by atoms with Gasteiger partial charge < -0.3 is 18.9 Å². The Morgan fingerprint density at radius 3 is 2.39 bits per heavy atom. The maximum Gasteiger partial charge on any atom is 0.338 e. The van der Waals surface area contributed by atoms with Crippen LogP contribution in [0.25, 0.3) is 33.9 Å². The van der Waals surface area contributed by atoms with Crippen LogP contribution in [-0.4, -0.2) is 28.5 Å². The number of esters is 1. The Balaban J connectivity index is 1.20. The first-order valence-electron chi connectivity index (χ1n) is 12.0. The van der Waals surface area contributed by atoms with Crippen LogP contribution in [0, 0.1) is 11.3 Å². The molecule has 10 heteroatoms. The Kier molecular flexibility index (Phi) is 6.19. The molecule has 0 saturated heterocycles. The molecule has 0 fully saturated rings. The first kappa shape index (κ1) is 23.6. The van der Waals surface area contributed by atoms with E-state index in [1.807, 2.05) is 0 Å². The molecule has 0 aliphatic heterocycles. The number of fused-ring (bicyclic) bond motifs is 2. The highest BCUT2D eigenvalue weighted by atomic mass is 32.1. The van der Waals surface area contributed by atoms with E-state index < -0.39 is 18.5 Å². The Morgan fingerprint density at radius 1 is 1.00 bits per heavy atom. The molecule has 0 unspecified atom stereocenters. The summed E-state index contributed by atoms with van der Waals surface area (Å²) in [4.78, 5) is 35.8. The molecule has 1 N–H and O–H groups in total. The van der Waals surface area contributed by atoms with Crippen LogP contribution in [0.3, 0.4) is 0 Å². The number of nitriles is 1. The Hall–Kier alpha value is -4.75. The van der Waals surface area contributed by atoms with Crippen molar-refractivity contribution in [1.82, 2.24) is 9.97 Å². The zero-order valence-electron chi connectivity index (χ0n) is 20.0. The summed E-state index contributed by atoms with van der Waals surface area (Å²) in [5, 5.41) is 12.8. The molecule has 188 valence electrons. The summed E-state index contributed by atoms with van der Waals surface area (Å²) < 4.78 is 16.3. The van der Waals surface area contributed by atoms with Crippen molar-refractivity contribution in [3.8, 4) is 29.0 Å². The van der Waals surface area contributed by atoms with E-state index in [9.17, 15) is 14.9 Å². The number of rotatable bonds is 6. The maximum atomic E-state index is 12.8. The average Bonchev–Trinajstić information content (AvgIpc) is 3.72. The van der Waals surface area contributed by atoms with Crippen molar-refractivity contribution in [1.29, 1.82) is 5.26 Å². The first-order valence-corrected chi connectivity index (χ1v) is 12.8. The smallest absolute Gasteiger partial charge is 0.338 e. The summed E-state index contributed by atoms with van der Waals surface area (Å²) in [7, 11) is 0. The minimum absolute atomic E-state index is 0.222. The fourth-order valence-corrected chi connectivity index (χ4v) is 5.76. The molecule has 0 bridgehead atoms. The largest absolute Gasteiger partial charge is 0.463 e. The normalized spacial score (nSPS) is 12.6. The number of anilines is 1. The summed E-state index contributed by atoms with van der Waals surface area (Å²) in [6, 6.07) is 14.0. The van der Waals surface area contributed by atoms with E-state index in [4.69, 9.17) is 13.6 Å². The van der Waals surface area contributed by atoms with Gasteiger partial charge in [0.15, 0.2) is 18.1 Å². The second kappa shape index (κ2) is 9.95. The van der Waals surface area contributed by atoms with Crippen molar-refractivity contribution in [2.75, 3.05) is 11.9 Å². The van der Waals surface area contributed by atoms with E-state index >= 15 is 0 Å². The van der Waals surface area contributed by atoms with Gasteiger partial charge in [-0.25, -0.2) is 14.8 Å². The number of nitrogens with zero attached hydrogens (tertiary/aromatic N) is 3. The van der Waals surface area contributed by atoms with Crippen LogP contribution >= 0.6 is 11.3 Å². The van der Waals surface area contributed by atoms with Crippen LogP contribution in [0.5, 0.6) is 0 Å². The van der Waals surface area contributed by atoms with E-state index in [1.54, 1.807) is 48.7 Å². The highest BCUT2D eigenvalue weighted by Gasteiger charge is 2.23. The van der Waals surface area contributed by atoms with Gasteiger partial charge in [0.05, 0.1) is 34.7 Å². The van der Waals surface area contributed by atoms with Crippen molar-refractivity contribution in [2.24, 2.45) is 0 Å². The topological polar surface area (TPSA) is 131 Å². The summed E-state index contributed by atoms with van der Waals surface area (Å²) in [5.41, 5.74) is 3.74. The summed E-state index contributed by atoms with van der Waals surface area (Å²) >= 11 is 1.42. The number of nitrogens with one attached hydrogen (secondary N) is 1. The van der Waals surface area contributed by atoms with Crippen molar-refractivity contribution in [2.45, 2.75) is 25.7 Å². The van der Waals surface area contributed by atoms with Crippen molar-refractivity contribution >= 4 is 39.2 Å². The minimum Gasteiger partial charge on any atom is -0.463 e. The molecule has 0 saturated carbocycles. The summed E-state index contributed by atoms with van der Waals surface area (Å²) in [5.74, 6) is -0.143. The van der Waals surface area contributed by atoms with Gasteiger partial charge in [-0.15, -0.1) is 11.3 Å². The lowest BCUT2D eigenvalue weighted by Gasteiger charge is -2.09. The number of benzene rings is 1. The van der Waals surface area contributed by atoms with E-state index in [0.717, 1.165) is 36.1 Å². The number of aromatic nitrogens is 2. The SMILES string of the molecule is N#Cc1c(NC(=O)COC(=O)c2ccc3nc(-c4ccco4)c(-c4ccco4)nc3c2)sc2c1CCCC2. The van der Waals surface area contributed by atoms with Crippen LogP contribution in [-0.2, 0) is 22.4 Å². The molecule has 1 aliphatic rings. The van der Waals surface area contributed by atoms with Gasteiger partial charge in [0.1, 0.15) is 22.5 Å². The molecule has 1 amide bonds. The molecule has 0 atom stereocenters. The molecule has 1 aliphatic carbocycles. The molecular weight excluding hydrogens is 504 g/mol. The number of aryl methyl sites for hydroxylation is 1. The Labute approximate surface area is 220 Å². The lowest BCUT2D eigenvalue weighted by atomic mass is 9.96. The lowest BCUT2D eigenvalue weighted by Crippen LogP contribution is -2.21. The second-order valence-electron chi connectivity index (χ2n) is 8.73. The summed E-state index contributed by atoms with van der Waals surface area (Å²) in [6.07, 6.45) is 6.96. The standard InChI is InChI=1S/C28H20N4O5S/c29-14-18-17-5-1-2-8-23(17)38-27(18)32-24(33)15-37-28(34)16-9-10-19-20(13-16)31-26(22-7-4-12-36-22)25(30-19)21-6-3-11-35-21/h3-4,6-7,9-13H,1-2,5,8,15H2,(H,32,33). The maximum absolute atomic E-state index is 12.8. The van der Waals surface area contributed by atoms with Crippen molar-refractivity contribution in [3.63, 3.8) is 0 Å². The molecule has 4 heterocycles. The zero-order chi connectivity index (χ0) is 26.1. The van der Waals surface area contributed by atoms with E-state index in [2.05, 4.69) is 21.4 Å². The summed E-state index contributed by atoms with van der Waals surface area (Å²) in [6.45, 7) is -0.481. The number of thiophene rings is 1. The molecule has 0 spiro atoms. The predicted molar refractivity (Wildman–Crippen MR) is 140 cm³/mol. The van der Waals surface area contributed by atoms with Crippen LogP contribution in [0.15, 0.2) is 63.8 Å². The van der Waals surface area contributed by atoms with Crippen LogP contribution in [0.4, 0.5) is 5.00 Å². The van der Waals surface area contributed by atoms with Gasteiger partial charge >= 0.3 is 5.97 Å². The third-order valence-electron chi connectivity index (χ3n) is 6.28. The number of carbonyl (C=O) groups excluding carboxylic acids is 2.